The highest BCUT2D eigenvalue weighted by Gasteiger charge is 2.19. The average molecular weight is 149 g/mol. The molecule has 1 heteroatoms. The summed E-state index contributed by atoms with van der Waals surface area (Å²) in [5.74, 6) is 0. The van der Waals surface area contributed by atoms with Crippen LogP contribution in [0.3, 0.4) is 0 Å². The van der Waals surface area contributed by atoms with Crippen molar-refractivity contribution in [1.29, 1.82) is 0 Å². The predicted molar refractivity (Wildman–Crippen MR) is 47.3 cm³/mol. The summed E-state index contributed by atoms with van der Waals surface area (Å²) >= 11 is 0. The maximum atomic E-state index is 4.09. The molecule has 0 radical (unpaired) electrons. The minimum absolute atomic E-state index is 1.21. The van der Waals surface area contributed by atoms with Gasteiger partial charge in [-0.3, -0.25) is 0 Å². The van der Waals surface area contributed by atoms with Crippen molar-refractivity contribution < 1.29 is 0 Å². The molecule has 11 heavy (non-hydrogen) atoms. The van der Waals surface area contributed by atoms with E-state index in [1.54, 1.807) is 0 Å². The first-order valence-corrected chi connectivity index (χ1v) is 4.51. The van der Waals surface area contributed by atoms with Gasteiger partial charge in [0.15, 0.2) is 0 Å². The van der Waals surface area contributed by atoms with Crippen LogP contribution in [0.2, 0.25) is 0 Å². The normalized spacial score (nSPS) is 24.5. The zero-order chi connectivity index (χ0) is 7.68. The van der Waals surface area contributed by atoms with Gasteiger partial charge in [-0.05, 0) is 31.3 Å². The molecule has 0 aromatic carbocycles. The first-order valence-electron chi connectivity index (χ1n) is 4.51. The fourth-order valence-electron chi connectivity index (χ4n) is 1.98. The van der Waals surface area contributed by atoms with Gasteiger partial charge in [-0.1, -0.05) is 12.7 Å². The Bertz CT molecular complexity index is 203. The molecule has 2 aliphatic rings. The first-order chi connectivity index (χ1) is 5.38. The number of hydrogen-bond acceptors (Lipinski definition) is 1. The van der Waals surface area contributed by atoms with E-state index in [2.05, 4.69) is 17.6 Å². The Labute approximate surface area is 68.4 Å². The molecule has 2 aliphatic heterocycles. The molecule has 0 N–H and O–H groups in total. The highest BCUT2D eigenvalue weighted by Crippen LogP contribution is 2.28. The molecule has 60 valence electrons. The lowest BCUT2D eigenvalue weighted by atomic mass is 9.98. The third kappa shape index (κ3) is 1.20. The number of rotatable bonds is 0. The van der Waals surface area contributed by atoms with Gasteiger partial charge in [0.1, 0.15) is 0 Å². The van der Waals surface area contributed by atoms with E-state index < -0.39 is 0 Å². The molecule has 0 saturated carbocycles. The maximum Gasteiger partial charge on any atom is 0.0352 e. The van der Waals surface area contributed by atoms with Gasteiger partial charge in [0.2, 0.25) is 0 Å². The quantitative estimate of drug-likeness (QED) is 0.511. The van der Waals surface area contributed by atoms with Crippen molar-refractivity contribution >= 4 is 0 Å². The maximum absolute atomic E-state index is 4.09. The summed E-state index contributed by atoms with van der Waals surface area (Å²) in [7, 11) is 0. The number of fused-ring (bicyclic) bond motifs is 1. The monoisotopic (exact) mass is 149 g/mol. The van der Waals surface area contributed by atoms with E-state index >= 15 is 0 Å². The van der Waals surface area contributed by atoms with Crippen molar-refractivity contribution in [2.24, 2.45) is 0 Å². The van der Waals surface area contributed by atoms with Crippen LogP contribution in [0.1, 0.15) is 25.7 Å². The first kappa shape index (κ1) is 6.96. The molecular weight excluding hydrogens is 134 g/mol. The minimum Gasteiger partial charge on any atom is -0.372 e. The van der Waals surface area contributed by atoms with E-state index in [0.717, 1.165) is 0 Å². The fourth-order valence-corrected chi connectivity index (χ4v) is 1.98. The Morgan fingerprint density at radius 3 is 2.91 bits per heavy atom. The Morgan fingerprint density at radius 2 is 2.09 bits per heavy atom. The van der Waals surface area contributed by atoms with Gasteiger partial charge in [-0.2, -0.15) is 0 Å². The van der Waals surface area contributed by atoms with Crippen LogP contribution in [0.25, 0.3) is 0 Å². The summed E-state index contributed by atoms with van der Waals surface area (Å²) < 4.78 is 0. The number of allylic oxidation sites excluding steroid dienone is 2. The van der Waals surface area contributed by atoms with Crippen molar-refractivity contribution in [2.75, 3.05) is 13.1 Å². The Morgan fingerprint density at radius 1 is 1.27 bits per heavy atom. The molecular formula is C10H15N. The fraction of sp³-hybridized carbons (Fsp3) is 0.600. The molecule has 0 amide bonds. The standard InChI is InChI=1S/C10H15N/c1-9-5-4-8-11-7-3-2-6-10(9)11/h6H,1-5,7-8H2. The summed E-state index contributed by atoms with van der Waals surface area (Å²) in [6, 6.07) is 0. The molecule has 1 nitrogen and oxygen atoms in total. The van der Waals surface area contributed by atoms with Crippen molar-refractivity contribution in [2.45, 2.75) is 25.7 Å². The van der Waals surface area contributed by atoms with E-state index in [4.69, 9.17) is 0 Å². The molecule has 1 saturated heterocycles. The van der Waals surface area contributed by atoms with Crippen LogP contribution in [0, 0.1) is 0 Å². The van der Waals surface area contributed by atoms with Gasteiger partial charge >= 0.3 is 0 Å². The van der Waals surface area contributed by atoms with Crippen LogP contribution < -0.4 is 0 Å². The summed E-state index contributed by atoms with van der Waals surface area (Å²) in [6.07, 6.45) is 7.45. The van der Waals surface area contributed by atoms with Crippen molar-refractivity contribution in [3.63, 3.8) is 0 Å². The second kappa shape index (κ2) is 2.72. The molecule has 0 aromatic heterocycles. The SMILES string of the molecule is C=C1CCCN2CCCC=C12. The third-order valence-electron chi connectivity index (χ3n) is 2.58. The number of hydrogen-bond donors (Lipinski definition) is 0. The Hall–Kier alpha value is -0.720. The summed E-state index contributed by atoms with van der Waals surface area (Å²) in [5.41, 5.74) is 2.80. The highest BCUT2D eigenvalue weighted by molar-refractivity contribution is 5.30. The van der Waals surface area contributed by atoms with Gasteiger partial charge in [-0.15, -0.1) is 0 Å². The molecule has 2 heterocycles. The van der Waals surface area contributed by atoms with Gasteiger partial charge in [0, 0.05) is 18.8 Å². The lowest BCUT2D eigenvalue weighted by molar-refractivity contribution is 0.302. The summed E-state index contributed by atoms with van der Waals surface area (Å²) in [5, 5.41) is 0. The van der Waals surface area contributed by atoms with Crippen LogP contribution >= 0.6 is 0 Å². The van der Waals surface area contributed by atoms with Gasteiger partial charge in [0.05, 0.1) is 0 Å². The number of nitrogens with zero attached hydrogens (tertiary/aromatic N) is 1. The lowest BCUT2D eigenvalue weighted by Crippen LogP contribution is -2.32. The third-order valence-corrected chi connectivity index (χ3v) is 2.58. The number of piperidine rings is 1. The molecule has 0 unspecified atom stereocenters. The van der Waals surface area contributed by atoms with E-state index in [9.17, 15) is 0 Å². The highest BCUT2D eigenvalue weighted by atomic mass is 15.1. The van der Waals surface area contributed by atoms with Gasteiger partial charge in [0.25, 0.3) is 0 Å². The molecule has 2 rings (SSSR count). The molecule has 0 spiro atoms. The smallest absolute Gasteiger partial charge is 0.0352 e. The predicted octanol–water partition coefficient (Wildman–Crippen LogP) is 2.32. The van der Waals surface area contributed by atoms with Crippen molar-refractivity contribution in [3.8, 4) is 0 Å². The van der Waals surface area contributed by atoms with Crippen LogP contribution in [0.5, 0.6) is 0 Å². The zero-order valence-corrected chi connectivity index (χ0v) is 6.97. The molecule has 0 aromatic rings. The Balaban J connectivity index is 2.21. The van der Waals surface area contributed by atoms with E-state index in [-0.39, 0.29) is 0 Å². The van der Waals surface area contributed by atoms with E-state index in [0.29, 0.717) is 0 Å². The van der Waals surface area contributed by atoms with Gasteiger partial charge < -0.3 is 4.90 Å². The molecule has 0 bridgehead atoms. The van der Waals surface area contributed by atoms with Crippen molar-refractivity contribution in [3.05, 3.63) is 23.9 Å². The molecule has 0 aliphatic carbocycles. The second-order valence-corrected chi connectivity index (χ2v) is 3.43. The minimum atomic E-state index is 1.21. The largest absolute Gasteiger partial charge is 0.372 e. The van der Waals surface area contributed by atoms with Crippen LogP contribution in [-0.4, -0.2) is 18.0 Å². The summed E-state index contributed by atoms with van der Waals surface area (Å²) in [4.78, 5) is 2.48. The van der Waals surface area contributed by atoms with E-state index in [1.807, 2.05) is 0 Å². The van der Waals surface area contributed by atoms with Crippen molar-refractivity contribution in [1.82, 2.24) is 4.90 Å². The van der Waals surface area contributed by atoms with E-state index in [1.165, 1.54) is 50.0 Å². The second-order valence-electron chi connectivity index (χ2n) is 3.43. The zero-order valence-electron chi connectivity index (χ0n) is 6.97. The van der Waals surface area contributed by atoms with Crippen LogP contribution in [0.4, 0.5) is 0 Å². The topological polar surface area (TPSA) is 3.24 Å². The lowest BCUT2D eigenvalue weighted by Gasteiger charge is -2.35. The average Bonchev–Trinajstić information content (AvgIpc) is 2.06. The molecule has 0 atom stereocenters. The summed E-state index contributed by atoms with van der Waals surface area (Å²) in [6.45, 7) is 6.60. The van der Waals surface area contributed by atoms with Crippen LogP contribution in [-0.2, 0) is 0 Å². The van der Waals surface area contributed by atoms with Crippen LogP contribution in [0.15, 0.2) is 23.9 Å². The Kier molecular flexibility index (Phi) is 1.72. The van der Waals surface area contributed by atoms with Gasteiger partial charge in [-0.25, -0.2) is 0 Å². The molecule has 1 fully saturated rings.